The fourth-order valence-electron chi connectivity index (χ4n) is 1.27. The summed E-state index contributed by atoms with van der Waals surface area (Å²) in [6.07, 6.45) is 2.79. The van der Waals surface area contributed by atoms with E-state index in [2.05, 4.69) is 14.7 Å². The van der Waals surface area contributed by atoms with Gasteiger partial charge in [-0.05, 0) is 6.07 Å². The molecule has 6 heteroatoms. The molecule has 15 heavy (non-hydrogen) atoms. The van der Waals surface area contributed by atoms with E-state index in [1.807, 2.05) is 0 Å². The molecular weight excluding hydrogens is 198 g/mol. The van der Waals surface area contributed by atoms with Crippen LogP contribution < -0.4 is 5.73 Å². The van der Waals surface area contributed by atoms with Crippen molar-refractivity contribution in [3.63, 3.8) is 0 Å². The molecule has 0 bridgehead atoms. The number of carbonyl (C=O) groups excluding carboxylic acids is 1. The molecule has 1 atom stereocenters. The zero-order valence-corrected chi connectivity index (χ0v) is 8.01. The number of pyridine rings is 1. The summed E-state index contributed by atoms with van der Waals surface area (Å²) in [5, 5.41) is 0. The Bertz CT molecular complexity index is 494. The number of carbonyl (C=O) groups is 1. The van der Waals surface area contributed by atoms with Gasteiger partial charge in [0.2, 0.25) is 0 Å². The molecule has 0 aromatic carbocycles. The van der Waals surface area contributed by atoms with Crippen molar-refractivity contribution < 1.29 is 13.9 Å². The summed E-state index contributed by atoms with van der Waals surface area (Å²) >= 11 is 0. The van der Waals surface area contributed by atoms with E-state index in [1.54, 1.807) is 6.07 Å². The van der Waals surface area contributed by atoms with Crippen molar-refractivity contribution in [3.8, 4) is 0 Å². The Balaban J connectivity index is 2.51. The number of hydrogen-bond acceptors (Lipinski definition) is 6. The van der Waals surface area contributed by atoms with Gasteiger partial charge < -0.3 is 14.9 Å². The highest BCUT2D eigenvalue weighted by molar-refractivity contribution is 5.83. The van der Waals surface area contributed by atoms with E-state index >= 15 is 0 Å². The second-order valence-corrected chi connectivity index (χ2v) is 2.90. The van der Waals surface area contributed by atoms with Gasteiger partial charge in [-0.3, -0.25) is 4.98 Å². The first-order chi connectivity index (χ1) is 7.24. The fraction of sp³-hybridized carbons (Fsp3) is 0.222. The second kappa shape index (κ2) is 3.66. The van der Waals surface area contributed by atoms with Crippen molar-refractivity contribution >= 4 is 17.1 Å². The zero-order chi connectivity index (χ0) is 10.8. The summed E-state index contributed by atoms with van der Waals surface area (Å²) < 4.78 is 9.63. The molecule has 78 valence electrons. The van der Waals surface area contributed by atoms with E-state index in [1.165, 1.54) is 19.7 Å². The summed E-state index contributed by atoms with van der Waals surface area (Å²) in [5.74, 6) is -0.564. The summed E-state index contributed by atoms with van der Waals surface area (Å²) in [5.41, 5.74) is 7.00. The van der Waals surface area contributed by atoms with Gasteiger partial charge in [-0.1, -0.05) is 0 Å². The van der Waals surface area contributed by atoms with E-state index in [-0.39, 0.29) is 0 Å². The second-order valence-electron chi connectivity index (χ2n) is 2.90. The summed E-state index contributed by atoms with van der Waals surface area (Å²) in [6.45, 7) is 0. The highest BCUT2D eigenvalue weighted by atomic mass is 16.5. The lowest BCUT2D eigenvalue weighted by Crippen LogP contribution is -2.23. The monoisotopic (exact) mass is 207 g/mol. The molecule has 0 aliphatic carbocycles. The Morgan fingerprint density at radius 1 is 1.60 bits per heavy atom. The Hall–Kier alpha value is -1.95. The molecule has 0 saturated carbocycles. The van der Waals surface area contributed by atoms with Crippen LogP contribution >= 0.6 is 0 Å². The Morgan fingerprint density at radius 2 is 2.40 bits per heavy atom. The fourth-order valence-corrected chi connectivity index (χ4v) is 1.27. The van der Waals surface area contributed by atoms with Crippen LogP contribution in [0, 0.1) is 0 Å². The van der Waals surface area contributed by atoms with Gasteiger partial charge in [0.15, 0.2) is 12.0 Å². The van der Waals surface area contributed by atoms with Gasteiger partial charge in [0.1, 0.15) is 17.3 Å². The maximum Gasteiger partial charge on any atom is 0.329 e. The lowest BCUT2D eigenvalue weighted by atomic mass is 10.2. The van der Waals surface area contributed by atoms with Gasteiger partial charge in [0.25, 0.3) is 0 Å². The lowest BCUT2D eigenvalue weighted by molar-refractivity contribution is -0.142. The first-order valence-electron chi connectivity index (χ1n) is 4.25. The van der Waals surface area contributed by atoms with Gasteiger partial charge in [-0.15, -0.1) is 0 Å². The molecule has 2 rings (SSSR count). The molecule has 2 heterocycles. The van der Waals surface area contributed by atoms with Gasteiger partial charge >= 0.3 is 5.97 Å². The highest BCUT2D eigenvalue weighted by Gasteiger charge is 2.22. The summed E-state index contributed by atoms with van der Waals surface area (Å²) in [6, 6.07) is 0.721. The van der Waals surface area contributed by atoms with Crippen LogP contribution in [0.3, 0.4) is 0 Å². The third-order valence-corrected chi connectivity index (χ3v) is 2.02. The van der Waals surface area contributed by atoms with E-state index < -0.39 is 12.0 Å². The molecule has 2 N–H and O–H groups in total. The van der Waals surface area contributed by atoms with Gasteiger partial charge in [0.05, 0.1) is 7.11 Å². The molecular formula is C9H9N3O3. The Labute approximate surface area is 85.1 Å². The Kier molecular flexibility index (Phi) is 2.34. The summed E-state index contributed by atoms with van der Waals surface area (Å²) in [7, 11) is 1.27. The quantitative estimate of drug-likeness (QED) is 0.716. The number of ether oxygens (including phenoxy) is 1. The van der Waals surface area contributed by atoms with Crippen LogP contribution in [0.2, 0.25) is 0 Å². The van der Waals surface area contributed by atoms with Crippen molar-refractivity contribution in [2.75, 3.05) is 7.11 Å². The number of nitrogens with two attached hydrogens (primary N) is 1. The normalized spacial score (nSPS) is 12.7. The van der Waals surface area contributed by atoms with Crippen LogP contribution in [0.25, 0.3) is 11.1 Å². The number of hydrogen-bond donors (Lipinski definition) is 1. The third-order valence-electron chi connectivity index (χ3n) is 2.02. The first kappa shape index (κ1) is 9.60. The summed E-state index contributed by atoms with van der Waals surface area (Å²) in [4.78, 5) is 19.1. The minimum absolute atomic E-state index is 0.330. The van der Waals surface area contributed by atoms with Crippen molar-refractivity contribution in [1.29, 1.82) is 0 Å². The minimum atomic E-state index is -0.952. The van der Waals surface area contributed by atoms with Crippen LogP contribution in [-0.4, -0.2) is 23.0 Å². The van der Waals surface area contributed by atoms with Crippen molar-refractivity contribution in [1.82, 2.24) is 9.97 Å². The molecule has 0 radical (unpaired) electrons. The molecule has 1 unspecified atom stereocenters. The largest absolute Gasteiger partial charge is 0.468 e. The molecule has 2 aromatic heterocycles. The number of rotatable bonds is 2. The van der Waals surface area contributed by atoms with Crippen LogP contribution in [0.5, 0.6) is 0 Å². The topological polar surface area (TPSA) is 91.2 Å². The van der Waals surface area contributed by atoms with Crippen LogP contribution in [0.1, 0.15) is 11.7 Å². The molecule has 0 amide bonds. The lowest BCUT2D eigenvalue weighted by Gasteiger charge is -2.07. The van der Waals surface area contributed by atoms with Gasteiger partial charge in [0, 0.05) is 6.20 Å². The zero-order valence-electron chi connectivity index (χ0n) is 8.01. The number of esters is 1. The number of oxazole rings is 1. The number of nitrogens with zero attached hydrogens (tertiary/aromatic N) is 2. The van der Waals surface area contributed by atoms with E-state index in [4.69, 9.17) is 10.2 Å². The number of methoxy groups -OCH3 is 1. The average Bonchev–Trinajstić information content (AvgIpc) is 2.74. The predicted octanol–water partition coefficient (Wildman–Crippen LogP) is 0.396. The molecule has 0 aliphatic heterocycles. The van der Waals surface area contributed by atoms with E-state index in [0.29, 0.717) is 16.8 Å². The maximum absolute atomic E-state index is 11.2. The molecule has 6 nitrogen and oxygen atoms in total. The predicted molar refractivity (Wildman–Crippen MR) is 50.7 cm³/mol. The van der Waals surface area contributed by atoms with E-state index in [0.717, 1.165) is 0 Å². The maximum atomic E-state index is 11.2. The molecule has 0 aliphatic rings. The van der Waals surface area contributed by atoms with Gasteiger partial charge in [-0.2, -0.15) is 0 Å². The number of aromatic nitrogens is 2. The van der Waals surface area contributed by atoms with Gasteiger partial charge in [-0.25, -0.2) is 9.78 Å². The smallest absolute Gasteiger partial charge is 0.329 e. The van der Waals surface area contributed by atoms with Crippen molar-refractivity contribution in [3.05, 3.63) is 24.4 Å². The molecule has 2 aromatic rings. The SMILES string of the molecule is COC(=O)C(N)c1nccc2ncoc12. The minimum Gasteiger partial charge on any atom is -0.468 e. The van der Waals surface area contributed by atoms with Crippen LogP contribution in [0.15, 0.2) is 23.1 Å². The molecule has 0 saturated heterocycles. The third kappa shape index (κ3) is 1.55. The molecule has 0 fully saturated rings. The highest BCUT2D eigenvalue weighted by Crippen LogP contribution is 2.20. The van der Waals surface area contributed by atoms with Crippen molar-refractivity contribution in [2.24, 2.45) is 5.73 Å². The van der Waals surface area contributed by atoms with Crippen LogP contribution in [0.4, 0.5) is 0 Å². The number of fused-ring (bicyclic) bond motifs is 1. The van der Waals surface area contributed by atoms with E-state index in [9.17, 15) is 4.79 Å². The van der Waals surface area contributed by atoms with Crippen molar-refractivity contribution in [2.45, 2.75) is 6.04 Å². The first-order valence-corrected chi connectivity index (χ1v) is 4.25. The average molecular weight is 207 g/mol. The molecule has 0 spiro atoms. The standard InChI is InChI=1S/C9H9N3O3/c1-14-9(13)6(10)7-8-5(2-3-11-7)12-4-15-8/h2-4,6H,10H2,1H3. The van der Waals surface area contributed by atoms with Crippen LogP contribution in [-0.2, 0) is 9.53 Å². The Morgan fingerprint density at radius 3 is 3.13 bits per heavy atom.